The lowest BCUT2D eigenvalue weighted by molar-refractivity contribution is 0.0631. The zero-order valence-corrected chi connectivity index (χ0v) is 16.8. The van der Waals surface area contributed by atoms with Gasteiger partial charge in [0.25, 0.3) is 17.7 Å². The number of carbonyl (C=O) groups excluding carboxylic acids is 3. The topological polar surface area (TPSA) is 98.1 Å². The van der Waals surface area contributed by atoms with Crippen molar-refractivity contribution in [2.24, 2.45) is 0 Å². The van der Waals surface area contributed by atoms with Gasteiger partial charge in [-0.05, 0) is 54.6 Å². The van der Waals surface area contributed by atoms with Crippen molar-refractivity contribution in [3.63, 3.8) is 0 Å². The van der Waals surface area contributed by atoms with E-state index in [1.165, 1.54) is 24.5 Å². The van der Waals surface area contributed by atoms with Crippen LogP contribution in [0.5, 0.6) is 5.75 Å². The summed E-state index contributed by atoms with van der Waals surface area (Å²) in [6, 6.07) is 14.8. The Hall–Kier alpha value is -3.91. The fourth-order valence-electron chi connectivity index (χ4n) is 3.21. The van der Waals surface area contributed by atoms with Gasteiger partial charge in [0.15, 0.2) is 0 Å². The lowest BCUT2D eigenvalue weighted by atomic mass is 10.1. The first kappa shape index (κ1) is 20.4. The van der Waals surface area contributed by atoms with Crippen LogP contribution in [0.4, 0.5) is 5.69 Å². The van der Waals surface area contributed by atoms with Gasteiger partial charge in [0, 0.05) is 18.4 Å². The number of imide groups is 1. The van der Waals surface area contributed by atoms with Crippen LogP contribution in [0.1, 0.15) is 36.8 Å². The Morgan fingerprint density at radius 1 is 1.00 bits per heavy atom. The van der Waals surface area contributed by atoms with Gasteiger partial charge in [0.05, 0.1) is 30.5 Å². The molecule has 1 aliphatic heterocycles. The van der Waals surface area contributed by atoms with Gasteiger partial charge < -0.3 is 19.2 Å². The minimum absolute atomic E-state index is 0.0413. The molecule has 8 nitrogen and oxygen atoms in total. The van der Waals surface area contributed by atoms with Crippen molar-refractivity contribution in [1.82, 2.24) is 4.90 Å². The molecule has 2 aromatic carbocycles. The molecule has 0 aliphatic carbocycles. The highest BCUT2D eigenvalue weighted by atomic mass is 16.5. The monoisotopic (exact) mass is 420 g/mol. The SMILES string of the molecule is COCCOc1ccc(NC(=O)c2ccc3c(c2)C(=O)N(Cc2ccco2)C3=O)cc1. The van der Waals surface area contributed by atoms with Crippen LogP contribution in [0, 0.1) is 0 Å². The molecule has 8 heteroatoms. The van der Waals surface area contributed by atoms with Gasteiger partial charge >= 0.3 is 0 Å². The summed E-state index contributed by atoms with van der Waals surface area (Å²) in [7, 11) is 1.60. The smallest absolute Gasteiger partial charge is 0.261 e. The second kappa shape index (κ2) is 8.85. The maximum Gasteiger partial charge on any atom is 0.261 e. The quantitative estimate of drug-likeness (QED) is 0.443. The second-order valence-electron chi connectivity index (χ2n) is 6.86. The number of nitrogens with zero attached hydrogens (tertiary/aromatic N) is 1. The molecule has 0 bridgehead atoms. The lowest BCUT2D eigenvalue weighted by Gasteiger charge is -2.11. The molecule has 0 spiro atoms. The molecule has 0 fully saturated rings. The van der Waals surface area contributed by atoms with Gasteiger partial charge in [-0.2, -0.15) is 0 Å². The summed E-state index contributed by atoms with van der Waals surface area (Å²) in [6.07, 6.45) is 1.48. The molecule has 1 aromatic heterocycles. The first-order chi connectivity index (χ1) is 15.1. The van der Waals surface area contributed by atoms with Crippen molar-refractivity contribution in [2.45, 2.75) is 6.54 Å². The van der Waals surface area contributed by atoms with Crippen molar-refractivity contribution in [2.75, 3.05) is 25.6 Å². The number of rotatable bonds is 8. The van der Waals surface area contributed by atoms with Crippen LogP contribution < -0.4 is 10.1 Å². The average molecular weight is 420 g/mol. The Balaban J connectivity index is 1.45. The summed E-state index contributed by atoms with van der Waals surface area (Å²) in [6.45, 7) is 0.956. The summed E-state index contributed by atoms with van der Waals surface area (Å²) in [4.78, 5) is 39.1. The molecule has 3 amide bonds. The van der Waals surface area contributed by atoms with Crippen molar-refractivity contribution < 1.29 is 28.3 Å². The Kier molecular flexibility index (Phi) is 5.81. The summed E-state index contributed by atoms with van der Waals surface area (Å²) < 4.78 is 15.7. The molecular formula is C23H20N2O6. The van der Waals surface area contributed by atoms with Crippen LogP contribution in [0.25, 0.3) is 0 Å². The number of hydrogen-bond acceptors (Lipinski definition) is 6. The van der Waals surface area contributed by atoms with Crippen LogP contribution in [0.2, 0.25) is 0 Å². The van der Waals surface area contributed by atoms with Crippen LogP contribution in [0.3, 0.4) is 0 Å². The number of fused-ring (bicyclic) bond motifs is 1. The number of hydrogen-bond donors (Lipinski definition) is 1. The standard InChI is InChI=1S/C23H20N2O6/c1-29-11-12-31-17-7-5-16(6-8-17)24-21(26)15-4-9-19-20(13-15)23(28)25(22(19)27)14-18-3-2-10-30-18/h2-10,13H,11-12,14H2,1H3,(H,24,26). The molecule has 1 N–H and O–H groups in total. The van der Waals surface area contributed by atoms with E-state index in [1.54, 1.807) is 43.5 Å². The van der Waals surface area contributed by atoms with E-state index in [0.29, 0.717) is 30.4 Å². The Morgan fingerprint density at radius 2 is 1.77 bits per heavy atom. The number of nitrogens with one attached hydrogen (secondary N) is 1. The van der Waals surface area contributed by atoms with Gasteiger partial charge in [0.1, 0.15) is 18.1 Å². The highest BCUT2D eigenvalue weighted by Gasteiger charge is 2.36. The maximum absolute atomic E-state index is 12.7. The van der Waals surface area contributed by atoms with E-state index in [4.69, 9.17) is 13.9 Å². The van der Waals surface area contributed by atoms with Gasteiger partial charge in [-0.1, -0.05) is 0 Å². The van der Waals surface area contributed by atoms with Crippen LogP contribution >= 0.6 is 0 Å². The number of methoxy groups -OCH3 is 1. The third kappa shape index (κ3) is 4.34. The number of benzene rings is 2. The van der Waals surface area contributed by atoms with Gasteiger partial charge in [-0.15, -0.1) is 0 Å². The van der Waals surface area contributed by atoms with Crippen LogP contribution in [0.15, 0.2) is 65.3 Å². The van der Waals surface area contributed by atoms with Crippen molar-refractivity contribution in [3.05, 3.63) is 83.3 Å². The van der Waals surface area contributed by atoms with Gasteiger partial charge in [0.2, 0.25) is 0 Å². The van der Waals surface area contributed by atoms with E-state index in [-0.39, 0.29) is 29.1 Å². The van der Waals surface area contributed by atoms with Crippen LogP contribution in [-0.4, -0.2) is 42.9 Å². The van der Waals surface area contributed by atoms with Gasteiger partial charge in [-0.3, -0.25) is 19.3 Å². The maximum atomic E-state index is 12.7. The largest absolute Gasteiger partial charge is 0.491 e. The number of anilines is 1. The zero-order chi connectivity index (χ0) is 21.8. The lowest BCUT2D eigenvalue weighted by Crippen LogP contribution is -2.28. The molecule has 4 rings (SSSR count). The third-order valence-corrected chi connectivity index (χ3v) is 4.80. The number of amides is 3. The highest BCUT2D eigenvalue weighted by molar-refractivity contribution is 6.22. The van der Waals surface area contributed by atoms with E-state index in [0.717, 1.165) is 4.90 Å². The fourth-order valence-corrected chi connectivity index (χ4v) is 3.21. The van der Waals surface area contributed by atoms with Gasteiger partial charge in [-0.25, -0.2) is 0 Å². The molecule has 0 saturated carbocycles. The predicted octanol–water partition coefficient (Wildman–Crippen LogP) is 3.35. The molecule has 158 valence electrons. The summed E-state index contributed by atoms with van der Waals surface area (Å²) in [5, 5.41) is 2.77. The van der Waals surface area contributed by atoms with E-state index < -0.39 is 11.8 Å². The van der Waals surface area contributed by atoms with E-state index in [9.17, 15) is 14.4 Å². The highest BCUT2D eigenvalue weighted by Crippen LogP contribution is 2.26. The fraction of sp³-hybridized carbons (Fsp3) is 0.174. The molecule has 31 heavy (non-hydrogen) atoms. The molecule has 3 aromatic rings. The average Bonchev–Trinajstić information content (AvgIpc) is 3.38. The first-order valence-corrected chi connectivity index (χ1v) is 9.62. The van der Waals surface area contributed by atoms with Crippen LogP contribution in [-0.2, 0) is 11.3 Å². The molecule has 0 unspecified atom stereocenters. The molecule has 1 aliphatic rings. The van der Waals surface area contributed by atoms with E-state index in [2.05, 4.69) is 5.32 Å². The minimum atomic E-state index is -0.455. The molecule has 2 heterocycles. The molecule has 0 radical (unpaired) electrons. The summed E-state index contributed by atoms with van der Waals surface area (Å²) >= 11 is 0. The number of carbonyl (C=O) groups is 3. The number of ether oxygens (including phenoxy) is 2. The van der Waals surface area contributed by atoms with E-state index in [1.807, 2.05) is 0 Å². The van der Waals surface area contributed by atoms with E-state index >= 15 is 0 Å². The summed E-state index contributed by atoms with van der Waals surface area (Å²) in [5.74, 6) is -0.0907. The summed E-state index contributed by atoms with van der Waals surface area (Å²) in [5.41, 5.74) is 1.32. The molecule has 0 atom stereocenters. The zero-order valence-electron chi connectivity index (χ0n) is 16.8. The molecule has 0 saturated heterocycles. The van der Waals surface area contributed by atoms with Crippen molar-refractivity contribution >= 4 is 23.4 Å². The second-order valence-corrected chi connectivity index (χ2v) is 6.86. The minimum Gasteiger partial charge on any atom is -0.491 e. The Morgan fingerprint density at radius 3 is 2.48 bits per heavy atom. The predicted molar refractivity (Wildman–Crippen MR) is 111 cm³/mol. The Labute approximate surface area is 178 Å². The normalized spacial score (nSPS) is 12.7. The first-order valence-electron chi connectivity index (χ1n) is 9.62. The molecular weight excluding hydrogens is 400 g/mol. The van der Waals surface area contributed by atoms with Crippen molar-refractivity contribution in [1.29, 1.82) is 0 Å². The number of furan rings is 1. The Bertz CT molecular complexity index is 1110. The third-order valence-electron chi connectivity index (χ3n) is 4.80. The van der Waals surface area contributed by atoms with Crippen molar-refractivity contribution in [3.8, 4) is 5.75 Å².